The molecule has 8 heteroatoms. The van der Waals surface area contributed by atoms with E-state index in [4.69, 9.17) is 0 Å². The summed E-state index contributed by atoms with van der Waals surface area (Å²) in [6, 6.07) is 12.1. The van der Waals surface area contributed by atoms with E-state index in [0.29, 0.717) is 5.56 Å². The number of rotatable bonds is 8. The Bertz CT molecular complexity index is 882. The molecule has 1 amide bonds. The Labute approximate surface area is 157 Å². The lowest BCUT2D eigenvalue weighted by Crippen LogP contribution is -2.43. The highest BCUT2D eigenvalue weighted by Gasteiger charge is 2.25. The van der Waals surface area contributed by atoms with Gasteiger partial charge in [0.05, 0.1) is 24.2 Å². The lowest BCUT2D eigenvalue weighted by atomic mass is 10.1. The van der Waals surface area contributed by atoms with Crippen LogP contribution in [0.1, 0.15) is 12.0 Å². The van der Waals surface area contributed by atoms with Crippen LogP contribution >= 0.6 is 0 Å². The fraction of sp³-hybridized carbons (Fsp3) is 0.263. The number of ether oxygens (including phenoxy) is 1. The van der Waals surface area contributed by atoms with Crippen molar-refractivity contribution in [1.82, 2.24) is 5.32 Å². The zero-order chi connectivity index (χ0) is 19.9. The van der Waals surface area contributed by atoms with Crippen molar-refractivity contribution in [3.63, 3.8) is 0 Å². The van der Waals surface area contributed by atoms with Crippen LogP contribution in [-0.2, 0) is 30.6 Å². The van der Waals surface area contributed by atoms with Crippen molar-refractivity contribution in [1.29, 1.82) is 0 Å². The first-order valence-electron chi connectivity index (χ1n) is 8.21. The van der Waals surface area contributed by atoms with Crippen molar-refractivity contribution in [2.45, 2.75) is 23.8 Å². The number of sulfone groups is 1. The first kappa shape index (κ1) is 20.6. The molecule has 1 atom stereocenters. The van der Waals surface area contributed by atoms with Gasteiger partial charge in [0.1, 0.15) is 11.9 Å². The van der Waals surface area contributed by atoms with Crippen LogP contribution in [0.2, 0.25) is 0 Å². The van der Waals surface area contributed by atoms with Crippen molar-refractivity contribution in [3.05, 3.63) is 66.0 Å². The van der Waals surface area contributed by atoms with E-state index in [1.807, 2.05) is 0 Å². The van der Waals surface area contributed by atoms with Gasteiger partial charge in [0.15, 0.2) is 9.84 Å². The third kappa shape index (κ3) is 6.18. The predicted octanol–water partition coefficient (Wildman–Crippen LogP) is 1.89. The number of nitrogens with one attached hydrogen (secondary N) is 1. The molecule has 1 N–H and O–H groups in total. The molecular weight excluding hydrogens is 373 g/mol. The number of carbonyl (C=O) groups excluding carboxylic acids is 2. The van der Waals surface area contributed by atoms with Crippen LogP contribution in [0.4, 0.5) is 4.39 Å². The van der Waals surface area contributed by atoms with E-state index < -0.39 is 33.6 Å². The highest BCUT2D eigenvalue weighted by Crippen LogP contribution is 2.13. The highest BCUT2D eigenvalue weighted by molar-refractivity contribution is 7.91. The Morgan fingerprint density at radius 3 is 2.30 bits per heavy atom. The van der Waals surface area contributed by atoms with E-state index in [0.717, 1.165) is 7.11 Å². The van der Waals surface area contributed by atoms with Crippen LogP contribution in [0, 0.1) is 5.82 Å². The fourth-order valence-corrected chi connectivity index (χ4v) is 3.80. The molecule has 2 aromatic rings. The van der Waals surface area contributed by atoms with Gasteiger partial charge in [-0.15, -0.1) is 0 Å². The van der Waals surface area contributed by atoms with E-state index in [-0.39, 0.29) is 23.5 Å². The van der Waals surface area contributed by atoms with Gasteiger partial charge in [-0.05, 0) is 36.2 Å². The van der Waals surface area contributed by atoms with Crippen molar-refractivity contribution in [3.8, 4) is 0 Å². The van der Waals surface area contributed by atoms with Crippen LogP contribution in [0.3, 0.4) is 0 Å². The number of carbonyl (C=O) groups is 2. The maximum atomic E-state index is 12.9. The standard InChI is InChI=1S/C19H20FNO5S/c1-26-19(23)17(11-12-27(24,25)16-5-3-2-4-6-16)21-18(22)13-14-7-9-15(20)10-8-14/h2-10,17H,11-13H2,1H3,(H,21,22)/t17-/m1/s1. The predicted molar refractivity (Wildman–Crippen MR) is 97.2 cm³/mol. The molecule has 0 saturated carbocycles. The summed E-state index contributed by atoms with van der Waals surface area (Å²) in [5.41, 5.74) is 0.564. The highest BCUT2D eigenvalue weighted by atomic mass is 32.2. The van der Waals surface area contributed by atoms with E-state index in [1.165, 1.54) is 36.4 Å². The van der Waals surface area contributed by atoms with Gasteiger partial charge in [-0.1, -0.05) is 30.3 Å². The van der Waals surface area contributed by atoms with Crippen LogP contribution < -0.4 is 5.32 Å². The second-order valence-corrected chi connectivity index (χ2v) is 7.98. The summed E-state index contributed by atoms with van der Waals surface area (Å²) in [4.78, 5) is 24.2. The minimum Gasteiger partial charge on any atom is -0.467 e. The van der Waals surface area contributed by atoms with E-state index >= 15 is 0 Å². The molecule has 144 valence electrons. The van der Waals surface area contributed by atoms with Crippen LogP contribution in [0.25, 0.3) is 0 Å². The molecule has 0 unspecified atom stereocenters. The van der Waals surface area contributed by atoms with Crippen molar-refractivity contribution < 1.29 is 27.1 Å². The summed E-state index contributed by atoms with van der Waals surface area (Å²) in [6.45, 7) is 0. The lowest BCUT2D eigenvalue weighted by Gasteiger charge is -2.16. The lowest BCUT2D eigenvalue weighted by molar-refractivity contribution is -0.145. The zero-order valence-electron chi connectivity index (χ0n) is 14.7. The van der Waals surface area contributed by atoms with Gasteiger partial charge < -0.3 is 10.1 Å². The molecule has 0 aliphatic rings. The van der Waals surface area contributed by atoms with Gasteiger partial charge in [0.25, 0.3) is 0 Å². The number of halogens is 1. The summed E-state index contributed by atoms with van der Waals surface area (Å²) in [5, 5.41) is 2.48. The fourth-order valence-electron chi connectivity index (χ4n) is 2.44. The molecule has 0 aliphatic heterocycles. The molecule has 27 heavy (non-hydrogen) atoms. The number of benzene rings is 2. The van der Waals surface area contributed by atoms with Gasteiger partial charge in [0, 0.05) is 0 Å². The van der Waals surface area contributed by atoms with E-state index in [9.17, 15) is 22.4 Å². The van der Waals surface area contributed by atoms with Gasteiger partial charge in [-0.25, -0.2) is 17.6 Å². The quantitative estimate of drug-likeness (QED) is 0.692. The molecule has 0 bridgehead atoms. The SMILES string of the molecule is COC(=O)[C@@H](CCS(=O)(=O)c1ccccc1)NC(=O)Cc1ccc(F)cc1. The van der Waals surface area contributed by atoms with E-state index in [2.05, 4.69) is 10.1 Å². The average molecular weight is 393 g/mol. The molecule has 0 aromatic heterocycles. The van der Waals surface area contributed by atoms with Crippen LogP contribution in [-0.4, -0.2) is 39.2 Å². The number of hydrogen-bond donors (Lipinski definition) is 1. The number of methoxy groups -OCH3 is 1. The van der Waals surface area contributed by atoms with Gasteiger partial charge in [0.2, 0.25) is 5.91 Å². The van der Waals surface area contributed by atoms with Gasteiger partial charge >= 0.3 is 5.97 Å². The molecule has 0 aliphatic carbocycles. The third-order valence-corrected chi connectivity index (χ3v) is 5.64. The minimum absolute atomic E-state index is 0.0702. The van der Waals surface area contributed by atoms with Crippen molar-refractivity contribution >= 4 is 21.7 Å². The van der Waals surface area contributed by atoms with Crippen molar-refractivity contribution in [2.75, 3.05) is 12.9 Å². The third-order valence-electron chi connectivity index (χ3n) is 3.88. The van der Waals surface area contributed by atoms with Crippen molar-refractivity contribution in [2.24, 2.45) is 0 Å². The van der Waals surface area contributed by atoms with Gasteiger partial charge in [-0.3, -0.25) is 4.79 Å². The Hall–Kier alpha value is -2.74. The average Bonchev–Trinajstić information content (AvgIpc) is 2.67. The number of amides is 1. The van der Waals surface area contributed by atoms with Crippen LogP contribution in [0.15, 0.2) is 59.5 Å². The molecule has 0 saturated heterocycles. The topological polar surface area (TPSA) is 89.5 Å². The molecule has 6 nitrogen and oxygen atoms in total. The number of esters is 1. The summed E-state index contributed by atoms with van der Waals surface area (Å²) in [5.74, 6) is -1.97. The molecule has 0 radical (unpaired) electrons. The largest absolute Gasteiger partial charge is 0.467 e. The first-order valence-corrected chi connectivity index (χ1v) is 9.86. The molecule has 0 fully saturated rings. The second-order valence-electron chi connectivity index (χ2n) is 5.87. The normalized spacial score (nSPS) is 12.2. The Kier molecular flexibility index (Phi) is 7.06. The summed E-state index contributed by atoms with van der Waals surface area (Å²) in [7, 11) is -2.44. The van der Waals surface area contributed by atoms with Crippen LogP contribution in [0.5, 0.6) is 0 Å². The summed E-state index contributed by atoms with van der Waals surface area (Å²) >= 11 is 0. The second kappa shape index (κ2) is 9.27. The molecule has 2 aromatic carbocycles. The summed E-state index contributed by atoms with van der Waals surface area (Å²) < 4.78 is 42.3. The maximum absolute atomic E-state index is 12.9. The zero-order valence-corrected chi connectivity index (χ0v) is 15.5. The maximum Gasteiger partial charge on any atom is 0.328 e. The molecule has 2 rings (SSSR count). The smallest absolute Gasteiger partial charge is 0.328 e. The number of hydrogen-bond acceptors (Lipinski definition) is 5. The Morgan fingerprint density at radius 1 is 1.07 bits per heavy atom. The first-order chi connectivity index (χ1) is 12.8. The van der Waals surface area contributed by atoms with E-state index in [1.54, 1.807) is 18.2 Å². The molecular formula is C19H20FNO5S. The Morgan fingerprint density at radius 2 is 1.70 bits per heavy atom. The Balaban J connectivity index is 2.01. The van der Waals surface area contributed by atoms with Gasteiger partial charge in [-0.2, -0.15) is 0 Å². The summed E-state index contributed by atoms with van der Waals surface area (Å²) in [6.07, 6.45) is -0.196. The monoisotopic (exact) mass is 393 g/mol. The minimum atomic E-state index is -3.60. The molecule has 0 spiro atoms. The molecule has 0 heterocycles.